The molecule has 0 saturated heterocycles. The van der Waals surface area contributed by atoms with Gasteiger partial charge in [-0.3, -0.25) is 0 Å². The molecule has 0 atom stereocenters. The van der Waals surface area contributed by atoms with Crippen molar-refractivity contribution in [1.29, 1.82) is 0 Å². The summed E-state index contributed by atoms with van der Waals surface area (Å²) in [6.07, 6.45) is 0. The molecule has 0 unspecified atom stereocenters. The molecule has 0 bridgehead atoms. The van der Waals surface area contributed by atoms with Gasteiger partial charge in [-0.2, -0.15) is 0 Å². The first-order valence-electron chi connectivity index (χ1n) is 32.3. The summed E-state index contributed by atoms with van der Waals surface area (Å²) in [5.41, 5.74) is 17.8. The zero-order valence-corrected chi connectivity index (χ0v) is 55.1. The van der Waals surface area contributed by atoms with Crippen LogP contribution >= 0.6 is 0 Å². The summed E-state index contributed by atoms with van der Waals surface area (Å²) in [6, 6.07) is 128. The van der Waals surface area contributed by atoms with Gasteiger partial charge in [0.25, 0.3) is 0 Å². The summed E-state index contributed by atoms with van der Waals surface area (Å²) in [5, 5.41) is 10.7. The first-order chi connectivity index (χ1) is 44.4. The van der Waals surface area contributed by atoms with Crippen LogP contribution in [0, 0.1) is 27.7 Å². The van der Waals surface area contributed by atoms with E-state index < -0.39 is 27.0 Å². The Labute approximate surface area is 540 Å². The molecule has 0 aromatic heterocycles. The fourth-order valence-corrected chi connectivity index (χ4v) is 25.5. The lowest BCUT2D eigenvalue weighted by Gasteiger charge is -2.54. The maximum atomic E-state index is 2.74. The van der Waals surface area contributed by atoms with Gasteiger partial charge in [-0.15, -0.1) is 0 Å². The molecule has 0 saturated carbocycles. The van der Waals surface area contributed by atoms with E-state index in [0.717, 1.165) is 0 Å². The maximum absolute atomic E-state index is 3.13. The first kappa shape index (κ1) is 57.5. The number of benzene rings is 13. The highest BCUT2D eigenvalue weighted by Gasteiger charge is 2.56. The summed E-state index contributed by atoms with van der Waals surface area (Å²) in [4.78, 5) is 2.74. The minimum absolute atomic E-state index is 0.287. The van der Waals surface area contributed by atoms with Crippen molar-refractivity contribution in [2.75, 3.05) is 4.90 Å². The highest BCUT2D eigenvalue weighted by atomic mass is 28.3. The standard InChI is InChI=1S/C88H75NSi2/c1-62-38-46-66(47-39-62)87(67-48-40-63(2)41-49-67)79-60-77(90(71-26-14-8-15-27-71,72-28-16-9-17-29-72)73-30-18-10-19-31-73)54-56-83(79)89-84-57-55-78(91(74-32-20-11-21-33-74,75-34-22-12-23-35-75)76-36-24-13-25-37-76)61-80(84)88(68-50-42-64(3)43-51-68,69-52-44-65(4)45-53-69)82-59-70(86(5,6)7)58-81(87)85(82)89/h8-61H,1-7H3. The van der Waals surface area contributed by atoms with Gasteiger partial charge in [0.15, 0.2) is 16.1 Å². The van der Waals surface area contributed by atoms with Crippen LogP contribution < -0.4 is 46.4 Å². The molecule has 2 aliphatic heterocycles. The molecule has 91 heavy (non-hydrogen) atoms. The molecule has 440 valence electrons. The van der Waals surface area contributed by atoms with Gasteiger partial charge in [0, 0.05) is 0 Å². The molecule has 15 rings (SSSR count). The van der Waals surface area contributed by atoms with Gasteiger partial charge in [0.2, 0.25) is 0 Å². The quantitative estimate of drug-likeness (QED) is 0.0870. The summed E-state index contributed by atoms with van der Waals surface area (Å²) in [7, 11) is -6.27. The molecule has 3 heteroatoms. The van der Waals surface area contributed by atoms with Crippen LogP contribution in [0.1, 0.15) is 93.1 Å². The Kier molecular flexibility index (Phi) is 14.2. The van der Waals surface area contributed by atoms with E-state index in [-0.39, 0.29) is 5.41 Å². The van der Waals surface area contributed by atoms with Crippen LogP contribution in [0.25, 0.3) is 0 Å². The second-order valence-corrected chi connectivity index (χ2v) is 34.2. The fourth-order valence-electron chi connectivity index (χ4n) is 16.0. The zero-order chi connectivity index (χ0) is 62.1. The Bertz CT molecular complexity index is 4190. The van der Waals surface area contributed by atoms with E-state index in [1.165, 1.54) is 131 Å². The van der Waals surface area contributed by atoms with Crippen LogP contribution in [0.4, 0.5) is 17.1 Å². The van der Waals surface area contributed by atoms with Crippen molar-refractivity contribution in [3.05, 3.63) is 400 Å². The SMILES string of the molecule is Cc1ccc(C2(c3ccc(C)cc3)c3cc([Si](c4ccccc4)(c4ccccc4)c4ccccc4)ccc3N3c4ccc([Si](c5ccccc5)(c5ccccc5)c5ccccc5)cc4C(c4ccc(C)cc4)(c4ccc(C)cc4)c4cc(C(C)(C)C)cc2c43)cc1. The minimum atomic E-state index is -3.13. The lowest BCUT2D eigenvalue weighted by atomic mass is 9.56. The minimum Gasteiger partial charge on any atom is -0.309 e. The number of fused-ring (bicyclic) bond motifs is 4. The highest BCUT2D eigenvalue weighted by molar-refractivity contribution is 7.20. The highest BCUT2D eigenvalue weighted by Crippen LogP contribution is 2.66. The average Bonchev–Trinajstić information content (AvgIpc) is 0.667. The van der Waals surface area contributed by atoms with E-state index in [1.807, 2.05) is 0 Å². The number of rotatable bonds is 12. The average molecular weight is 1200 g/mol. The van der Waals surface area contributed by atoms with Gasteiger partial charge in [-0.25, -0.2) is 0 Å². The predicted molar refractivity (Wildman–Crippen MR) is 390 cm³/mol. The van der Waals surface area contributed by atoms with Gasteiger partial charge in [0.05, 0.1) is 27.9 Å². The summed E-state index contributed by atoms with van der Waals surface area (Å²) >= 11 is 0. The predicted octanol–water partition coefficient (Wildman–Crippen LogP) is 15.8. The normalized spacial score (nSPS) is 13.8. The molecule has 13 aromatic rings. The van der Waals surface area contributed by atoms with Crippen molar-refractivity contribution in [2.45, 2.75) is 64.7 Å². The van der Waals surface area contributed by atoms with Crippen LogP contribution in [0.5, 0.6) is 0 Å². The van der Waals surface area contributed by atoms with Crippen LogP contribution in [0.2, 0.25) is 0 Å². The largest absolute Gasteiger partial charge is 0.309 e. The van der Waals surface area contributed by atoms with Crippen molar-refractivity contribution in [2.24, 2.45) is 0 Å². The Morgan fingerprint density at radius 3 is 0.725 bits per heavy atom. The summed E-state index contributed by atoms with van der Waals surface area (Å²) in [6.45, 7) is 16.2. The number of hydrogen-bond acceptors (Lipinski definition) is 1. The van der Waals surface area contributed by atoms with E-state index in [9.17, 15) is 0 Å². The summed E-state index contributed by atoms with van der Waals surface area (Å²) < 4.78 is 0. The van der Waals surface area contributed by atoms with Crippen molar-refractivity contribution < 1.29 is 0 Å². The molecule has 0 amide bonds. The zero-order valence-electron chi connectivity index (χ0n) is 53.1. The molecule has 0 radical (unpaired) electrons. The third-order valence-electron chi connectivity index (χ3n) is 20.3. The van der Waals surface area contributed by atoms with Crippen LogP contribution in [0.3, 0.4) is 0 Å². The second kappa shape index (κ2) is 22.5. The number of hydrogen-bond donors (Lipinski definition) is 0. The molecule has 0 aliphatic carbocycles. The molecule has 13 aromatic carbocycles. The van der Waals surface area contributed by atoms with Crippen molar-refractivity contribution in [3.8, 4) is 0 Å². The number of nitrogens with zero attached hydrogens (tertiary/aromatic N) is 1. The van der Waals surface area contributed by atoms with Gasteiger partial charge >= 0.3 is 0 Å². The van der Waals surface area contributed by atoms with E-state index in [4.69, 9.17) is 0 Å². The van der Waals surface area contributed by atoms with Crippen LogP contribution in [0.15, 0.2) is 328 Å². The van der Waals surface area contributed by atoms with Gasteiger partial charge in [-0.1, -0.05) is 358 Å². The molecule has 2 heterocycles. The summed E-state index contributed by atoms with van der Waals surface area (Å²) in [5.74, 6) is 0. The Hall–Kier alpha value is -9.91. The van der Waals surface area contributed by atoms with Gasteiger partial charge in [0.1, 0.15) is 0 Å². The second-order valence-electron chi connectivity index (χ2n) is 26.6. The fraction of sp³-hybridized carbons (Fsp3) is 0.114. The van der Waals surface area contributed by atoms with Crippen LogP contribution in [-0.4, -0.2) is 16.1 Å². The molecular weight excluding hydrogens is 1130 g/mol. The smallest absolute Gasteiger partial charge is 0.179 e. The molecule has 2 aliphatic rings. The lowest BCUT2D eigenvalue weighted by molar-refractivity contribution is 0.581. The molecule has 0 N–H and O–H groups in total. The van der Waals surface area contributed by atoms with Gasteiger partial charge in [-0.05, 0) is 137 Å². The Morgan fingerprint density at radius 1 is 0.253 bits per heavy atom. The van der Waals surface area contributed by atoms with E-state index in [2.05, 4.69) is 381 Å². The van der Waals surface area contributed by atoms with Gasteiger partial charge < -0.3 is 4.90 Å². The van der Waals surface area contributed by atoms with Crippen molar-refractivity contribution in [3.63, 3.8) is 0 Å². The van der Waals surface area contributed by atoms with E-state index in [0.29, 0.717) is 0 Å². The number of aryl methyl sites for hydroxylation is 4. The Balaban J connectivity index is 1.18. The topological polar surface area (TPSA) is 3.24 Å². The molecular formula is C88H75NSi2. The molecule has 1 nitrogen and oxygen atoms in total. The number of anilines is 3. The maximum Gasteiger partial charge on any atom is 0.179 e. The van der Waals surface area contributed by atoms with E-state index >= 15 is 0 Å². The third kappa shape index (κ3) is 8.91. The van der Waals surface area contributed by atoms with Crippen LogP contribution in [-0.2, 0) is 16.2 Å². The monoisotopic (exact) mass is 1200 g/mol. The van der Waals surface area contributed by atoms with Crippen molar-refractivity contribution in [1.82, 2.24) is 0 Å². The van der Waals surface area contributed by atoms with E-state index in [1.54, 1.807) is 0 Å². The molecule has 0 spiro atoms. The molecule has 0 fully saturated rings. The Morgan fingerprint density at radius 2 is 0.495 bits per heavy atom. The first-order valence-corrected chi connectivity index (χ1v) is 36.3. The lowest BCUT2D eigenvalue weighted by Crippen LogP contribution is -2.75. The van der Waals surface area contributed by atoms with Crippen molar-refractivity contribution >= 4 is 74.7 Å². The third-order valence-corrected chi connectivity index (χ3v) is 29.9.